The molecule has 0 radical (unpaired) electrons. The number of carboxylic acid groups (broad SMARTS) is 1. The number of piperidine rings is 1. The molecule has 104 valence electrons. The van der Waals surface area contributed by atoms with Crippen LogP contribution in [0.2, 0.25) is 0 Å². The molecule has 1 aromatic rings. The van der Waals surface area contributed by atoms with Gasteiger partial charge in [-0.3, -0.25) is 4.68 Å². The molecule has 1 aliphatic carbocycles. The largest absolute Gasteiger partial charge is 0.465 e. The van der Waals surface area contributed by atoms with Crippen molar-refractivity contribution in [3.63, 3.8) is 0 Å². The monoisotopic (exact) mass is 327 g/mol. The first kappa shape index (κ1) is 13.0. The highest BCUT2D eigenvalue weighted by molar-refractivity contribution is 9.10. The zero-order chi connectivity index (χ0) is 13.6. The van der Waals surface area contributed by atoms with E-state index in [-0.39, 0.29) is 0 Å². The lowest BCUT2D eigenvalue weighted by atomic mass is 9.60. The Morgan fingerprint density at radius 1 is 1.47 bits per heavy atom. The number of rotatable bonds is 1. The quantitative estimate of drug-likeness (QED) is 0.862. The van der Waals surface area contributed by atoms with Crippen LogP contribution in [-0.2, 0) is 0 Å². The Bertz CT molecular complexity index is 498. The van der Waals surface area contributed by atoms with E-state index in [2.05, 4.69) is 32.6 Å². The maximum Gasteiger partial charge on any atom is 0.407 e. The van der Waals surface area contributed by atoms with Crippen LogP contribution in [0.4, 0.5) is 4.79 Å². The molecular formula is C13H18BrN3O2. The van der Waals surface area contributed by atoms with Gasteiger partial charge in [-0.05, 0) is 54.0 Å². The van der Waals surface area contributed by atoms with Gasteiger partial charge < -0.3 is 10.0 Å². The molecular weight excluding hydrogens is 310 g/mol. The Kier molecular flexibility index (Phi) is 3.08. The first-order valence-electron chi connectivity index (χ1n) is 6.68. The van der Waals surface area contributed by atoms with E-state index in [9.17, 15) is 4.79 Å². The summed E-state index contributed by atoms with van der Waals surface area (Å²) in [7, 11) is 0. The van der Waals surface area contributed by atoms with E-state index >= 15 is 0 Å². The second-order valence-electron chi connectivity index (χ2n) is 5.85. The molecule has 6 heteroatoms. The third-order valence-electron chi connectivity index (χ3n) is 4.76. The lowest BCUT2D eigenvalue weighted by Crippen LogP contribution is -2.49. The first-order valence-corrected chi connectivity index (χ1v) is 7.48. The minimum Gasteiger partial charge on any atom is -0.465 e. The van der Waals surface area contributed by atoms with E-state index in [1.54, 1.807) is 0 Å². The van der Waals surface area contributed by atoms with Crippen LogP contribution in [0.3, 0.4) is 0 Å². The summed E-state index contributed by atoms with van der Waals surface area (Å²) in [6.07, 6.45) is 5.34. The molecule has 1 aromatic heterocycles. The molecule has 1 spiro atoms. The number of carbonyl (C=O) groups is 1. The van der Waals surface area contributed by atoms with E-state index in [0.717, 1.165) is 30.2 Å². The Hall–Kier alpha value is -1.04. The molecule has 2 fully saturated rings. The summed E-state index contributed by atoms with van der Waals surface area (Å²) in [5.74, 6) is 0. The normalized spacial score (nSPS) is 22.5. The summed E-state index contributed by atoms with van der Waals surface area (Å²) < 4.78 is 3.17. The molecule has 1 aliphatic heterocycles. The average Bonchev–Trinajstić information content (AvgIpc) is 2.67. The van der Waals surface area contributed by atoms with Crippen molar-refractivity contribution in [3.05, 3.63) is 16.4 Å². The average molecular weight is 328 g/mol. The van der Waals surface area contributed by atoms with Gasteiger partial charge in [0.05, 0.1) is 16.7 Å². The number of hydrogen-bond donors (Lipinski definition) is 1. The van der Waals surface area contributed by atoms with Crippen LogP contribution in [0.25, 0.3) is 0 Å². The van der Waals surface area contributed by atoms with E-state index in [1.165, 1.54) is 10.6 Å². The van der Waals surface area contributed by atoms with Gasteiger partial charge in [0.25, 0.3) is 0 Å². The van der Waals surface area contributed by atoms with Crippen molar-refractivity contribution in [2.45, 2.75) is 38.6 Å². The summed E-state index contributed by atoms with van der Waals surface area (Å²) >= 11 is 3.49. The summed E-state index contributed by atoms with van der Waals surface area (Å²) in [5, 5.41) is 13.4. The fourth-order valence-corrected chi connectivity index (χ4v) is 3.74. The summed E-state index contributed by atoms with van der Waals surface area (Å²) in [4.78, 5) is 12.4. The number of amides is 1. The highest BCUT2D eigenvalue weighted by Crippen LogP contribution is 2.54. The molecule has 0 bridgehead atoms. The van der Waals surface area contributed by atoms with E-state index in [0.29, 0.717) is 24.5 Å². The highest BCUT2D eigenvalue weighted by atomic mass is 79.9. The molecule has 0 atom stereocenters. The Morgan fingerprint density at radius 2 is 2.11 bits per heavy atom. The lowest BCUT2D eigenvalue weighted by Gasteiger charge is -2.52. The van der Waals surface area contributed by atoms with Gasteiger partial charge in [-0.25, -0.2) is 4.79 Å². The molecule has 2 heterocycles. The van der Waals surface area contributed by atoms with Crippen molar-refractivity contribution in [2.75, 3.05) is 13.1 Å². The third kappa shape index (κ3) is 2.16. The lowest BCUT2D eigenvalue weighted by molar-refractivity contribution is -0.00770. The first-order chi connectivity index (χ1) is 9.01. The number of aromatic nitrogens is 2. The zero-order valence-corrected chi connectivity index (χ0v) is 12.6. The molecule has 3 rings (SSSR count). The molecule has 5 nitrogen and oxygen atoms in total. The number of nitrogens with zero attached hydrogens (tertiary/aromatic N) is 3. The van der Waals surface area contributed by atoms with Crippen molar-refractivity contribution >= 4 is 22.0 Å². The van der Waals surface area contributed by atoms with Crippen molar-refractivity contribution in [2.24, 2.45) is 5.41 Å². The van der Waals surface area contributed by atoms with Gasteiger partial charge in [0.15, 0.2) is 0 Å². The summed E-state index contributed by atoms with van der Waals surface area (Å²) in [5.41, 5.74) is 1.55. The highest BCUT2D eigenvalue weighted by Gasteiger charge is 2.47. The maximum absolute atomic E-state index is 10.9. The van der Waals surface area contributed by atoms with E-state index in [4.69, 9.17) is 5.11 Å². The summed E-state index contributed by atoms with van der Waals surface area (Å²) in [6.45, 7) is 3.45. The third-order valence-corrected chi connectivity index (χ3v) is 5.54. The van der Waals surface area contributed by atoms with Gasteiger partial charge in [-0.15, -0.1) is 0 Å². The Balaban J connectivity index is 1.61. The van der Waals surface area contributed by atoms with Gasteiger partial charge in [0, 0.05) is 18.8 Å². The van der Waals surface area contributed by atoms with Crippen LogP contribution >= 0.6 is 15.9 Å². The van der Waals surface area contributed by atoms with Crippen LogP contribution in [0.1, 0.15) is 37.4 Å². The molecule has 0 aromatic carbocycles. The van der Waals surface area contributed by atoms with Crippen LogP contribution in [-0.4, -0.2) is 39.0 Å². The molecule has 1 amide bonds. The smallest absolute Gasteiger partial charge is 0.407 e. The molecule has 1 saturated carbocycles. The van der Waals surface area contributed by atoms with E-state index < -0.39 is 6.09 Å². The van der Waals surface area contributed by atoms with Gasteiger partial charge in [0.1, 0.15) is 0 Å². The predicted molar refractivity (Wildman–Crippen MR) is 74.2 cm³/mol. The number of likely N-dealkylation sites (tertiary alicyclic amines) is 1. The van der Waals surface area contributed by atoms with Gasteiger partial charge in [-0.1, -0.05) is 0 Å². The molecule has 1 N–H and O–H groups in total. The van der Waals surface area contributed by atoms with Gasteiger partial charge in [0.2, 0.25) is 0 Å². The minimum atomic E-state index is -0.780. The molecule has 0 unspecified atom stereocenters. The minimum absolute atomic E-state index is 0.363. The van der Waals surface area contributed by atoms with E-state index in [1.807, 2.05) is 6.20 Å². The molecule has 2 aliphatic rings. The standard InChI is InChI=1S/C13H18BrN3O2/c1-9-11(14)8-15-17(9)10-6-13(7-10)2-4-16(5-3-13)12(18)19/h8,10H,2-7H2,1H3,(H,18,19). The summed E-state index contributed by atoms with van der Waals surface area (Å²) in [6, 6.07) is 0.489. The van der Waals surface area contributed by atoms with Crippen LogP contribution in [0.15, 0.2) is 10.7 Å². The fourth-order valence-electron chi connectivity index (χ4n) is 3.46. The maximum atomic E-state index is 10.9. The van der Waals surface area contributed by atoms with Crippen molar-refractivity contribution in [1.29, 1.82) is 0 Å². The molecule has 19 heavy (non-hydrogen) atoms. The van der Waals surface area contributed by atoms with Crippen molar-refractivity contribution in [1.82, 2.24) is 14.7 Å². The van der Waals surface area contributed by atoms with Crippen LogP contribution in [0.5, 0.6) is 0 Å². The Labute approximate surface area is 120 Å². The van der Waals surface area contributed by atoms with Gasteiger partial charge >= 0.3 is 6.09 Å². The van der Waals surface area contributed by atoms with Gasteiger partial charge in [-0.2, -0.15) is 5.10 Å². The SMILES string of the molecule is Cc1c(Br)cnn1C1CC2(CCN(C(=O)O)CC2)C1. The number of halogens is 1. The second kappa shape index (κ2) is 4.51. The topological polar surface area (TPSA) is 58.4 Å². The van der Waals surface area contributed by atoms with Crippen molar-refractivity contribution < 1.29 is 9.90 Å². The van der Waals surface area contributed by atoms with Crippen LogP contribution in [0, 0.1) is 12.3 Å². The fraction of sp³-hybridized carbons (Fsp3) is 0.692. The van der Waals surface area contributed by atoms with Crippen molar-refractivity contribution in [3.8, 4) is 0 Å². The molecule has 1 saturated heterocycles. The van der Waals surface area contributed by atoms with Crippen LogP contribution < -0.4 is 0 Å². The number of hydrogen-bond acceptors (Lipinski definition) is 2. The predicted octanol–water partition coefficient (Wildman–Crippen LogP) is 3.05. The second-order valence-corrected chi connectivity index (χ2v) is 6.71. The Morgan fingerprint density at radius 3 is 2.58 bits per heavy atom. The zero-order valence-electron chi connectivity index (χ0n) is 11.0.